The average molecular weight is 356 g/mol. The van der Waals surface area contributed by atoms with Gasteiger partial charge in [-0.25, -0.2) is 4.98 Å². The summed E-state index contributed by atoms with van der Waals surface area (Å²) in [6.45, 7) is 2.14. The predicted molar refractivity (Wildman–Crippen MR) is 106 cm³/mol. The van der Waals surface area contributed by atoms with Crippen molar-refractivity contribution in [3.05, 3.63) is 77.7 Å². The highest BCUT2D eigenvalue weighted by Gasteiger charge is 2.12. The zero-order chi connectivity index (χ0) is 18.8. The maximum atomic E-state index is 12.9. The fraction of sp³-hybridized carbons (Fsp3) is 0.182. The second kappa shape index (κ2) is 7.11. The third kappa shape index (κ3) is 3.49. The summed E-state index contributed by atoms with van der Waals surface area (Å²) in [6, 6.07) is 13.3. The van der Waals surface area contributed by atoms with Crippen LogP contribution in [0.15, 0.2) is 61.1 Å². The van der Waals surface area contributed by atoms with Crippen LogP contribution in [0.3, 0.4) is 0 Å². The molecule has 2 heterocycles. The van der Waals surface area contributed by atoms with Crippen LogP contribution in [0, 0.1) is 0 Å². The highest BCUT2D eigenvalue weighted by molar-refractivity contribution is 6.10. The molecule has 0 aliphatic rings. The number of aryl methyl sites for hydroxylation is 2. The van der Waals surface area contributed by atoms with E-state index in [2.05, 4.69) is 28.1 Å². The van der Waals surface area contributed by atoms with Crippen molar-refractivity contribution in [1.29, 1.82) is 0 Å². The van der Waals surface area contributed by atoms with Crippen molar-refractivity contribution in [1.82, 2.24) is 19.7 Å². The summed E-state index contributed by atoms with van der Waals surface area (Å²) in [5.41, 5.74) is 5.61. The maximum absolute atomic E-state index is 12.9. The molecule has 5 heteroatoms. The Morgan fingerprint density at radius 1 is 1.04 bits per heavy atom. The minimum Gasteiger partial charge on any atom is -0.289 e. The first-order valence-corrected chi connectivity index (χ1v) is 9.03. The largest absolute Gasteiger partial charge is 0.289 e. The van der Waals surface area contributed by atoms with Crippen LogP contribution in [0.5, 0.6) is 0 Å². The monoisotopic (exact) mass is 356 g/mol. The summed E-state index contributed by atoms with van der Waals surface area (Å²) in [4.78, 5) is 22.1. The van der Waals surface area contributed by atoms with E-state index < -0.39 is 0 Å². The third-order valence-electron chi connectivity index (χ3n) is 4.53. The molecule has 0 atom stereocenters. The third-order valence-corrected chi connectivity index (χ3v) is 4.53. The van der Waals surface area contributed by atoms with E-state index in [-0.39, 0.29) is 5.78 Å². The van der Waals surface area contributed by atoms with Gasteiger partial charge in [-0.1, -0.05) is 31.5 Å². The van der Waals surface area contributed by atoms with Gasteiger partial charge in [0.2, 0.25) is 0 Å². The molecule has 0 radical (unpaired) electrons. The Labute approximate surface area is 157 Å². The number of rotatable bonds is 5. The second-order valence-electron chi connectivity index (χ2n) is 6.64. The summed E-state index contributed by atoms with van der Waals surface area (Å²) in [6.07, 6.45) is 7.41. The molecule has 5 nitrogen and oxygen atoms in total. The molecule has 0 aliphatic heterocycles. The number of fused-ring (bicyclic) bond motifs is 1. The molecular weight excluding hydrogens is 336 g/mol. The molecule has 0 N–H and O–H groups in total. The lowest BCUT2D eigenvalue weighted by Gasteiger charge is -2.06. The molecule has 0 aliphatic carbocycles. The highest BCUT2D eigenvalue weighted by Crippen LogP contribution is 2.21. The van der Waals surface area contributed by atoms with Gasteiger partial charge >= 0.3 is 0 Å². The molecule has 0 spiro atoms. The smallest absolute Gasteiger partial charge is 0.193 e. The lowest BCUT2D eigenvalue weighted by Crippen LogP contribution is -2.02. The summed E-state index contributed by atoms with van der Waals surface area (Å²) >= 11 is 0. The van der Waals surface area contributed by atoms with Crippen molar-refractivity contribution >= 4 is 16.8 Å². The Hall–Kier alpha value is -3.34. The molecule has 0 bridgehead atoms. The quantitative estimate of drug-likeness (QED) is 0.503. The molecule has 0 fully saturated rings. The van der Waals surface area contributed by atoms with Crippen molar-refractivity contribution in [2.45, 2.75) is 19.8 Å². The van der Waals surface area contributed by atoms with E-state index in [1.54, 1.807) is 17.1 Å². The van der Waals surface area contributed by atoms with Gasteiger partial charge < -0.3 is 0 Å². The molecule has 0 saturated carbocycles. The number of nitrogens with zero attached hydrogens (tertiary/aromatic N) is 4. The molecule has 27 heavy (non-hydrogen) atoms. The lowest BCUT2D eigenvalue weighted by molar-refractivity contribution is 0.103. The van der Waals surface area contributed by atoms with Gasteiger partial charge in [-0.3, -0.25) is 14.5 Å². The first-order valence-electron chi connectivity index (χ1n) is 9.03. The Bertz CT molecular complexity index is 1130. The zero-order valence-electron chi connectivity index (χ0n) is 15.4. The van der Waals surface area contributed by atoms with Gasteiger partial charge in [0.25, 0.3) is 0 Å². The predicted octanol–water partition coefficient (Wildman–Crippen LogP) is 4.21. The first kappa shape index (κ1) is 17.1. The lowest BCUT2D eigenvalue weighted by atomic mass is 9.99. The molecular formula is C22H20N4O. The van der Waals surface area contributed by atoms with Crippen molar-refractivity contribution in [2.75, 3.05) is 0 Å². The van der Waals surface area contributed by atoms with Crippen LogP contribution in [0.1, 0.15) is 34.8 Å². The van der Waals surface area contributed by atoms with E-state index in [9.17, 15) is 4.79 Å². The zero-order valence-corrected chi connectivity index (χ0v) is 15.4. The molecule has 4 rings (SSSR count). The highest BCUT2D eigenvalue weighted by atomic mass is 16.1. The van der Waals surface area contributed by atoms with Crippen LogP contribution in [-0.4, -0.2) is 25.5 Å². The van der Waals surface area contributed by atoms with Gasteiger partial charge in [-0.05, 0) is 36.2 Å². The summed E-state index contributed by atoms with van der Waals surface area (Å²) < 4.78 is 1.73. The first-order chi connectivity index (χ1) is 13.1. The number of benzene rings is 2. The van der Waals surface area contributed by atoms with Gasteiger partial charge in [0.15, 0.2) is 5.78 Å². The second-order valence-corrected chi connectivity index (χ2v) is 6.64. The van der Waals surface area contributed by atoms with Crippen molar-refractivity contribution in [3.8, 4) is 11.3 Å². The SMILES string of the molecule is CCCc1cccc(C(=O)c2ccc3ncc(-c4cnn(C)c4)nc3c2)c1. The van der Waals surface area contributed by atoms with E-state index >= 15 is 0 Å². The number of carbonyl (C=O) groups is 1. The number of aromatic nitrogens is 4. The maximum Gasteiger partial charge on any atom is 0.193 e. The fourth-order valence-electron chi connectivity index (χ4n) is 3.17. The Kier molecular flexibility index (Phi) is 4.50. The molecule has 2 aromatic carbocycles. The van der Waals surface area contributed by atoms with Crippen molar-refractivity contribution < 1.29 is 4.79 Å². The number of carbonyl (C=O) groups excluding carboxylic acids is 1. The van der Waals surface area contributed by atoms with Crippen LogP contribution in [0.2, 0.25) is 0 Å². The molecule has 2 aromatic heterocycles. The van der Waals surface area contributed by atoms with Crippen molar-refractivity contribution in [3.63, 3.8) is 0 Å². The average Bonchev–Trinajstić information content (AvgIpc) is 3.13. The summed E-state index contributed by atoms with van der Waals surface area (Å²) in [5, 5.41) is 4.18. The van der Waals surface area contributed by atoms with Crippen LogP contribution in [0.4, 0.5) is 0 Å². The number of ketones is 1. The minimum absolute atomic E-state index is 0.00318. The summed E-state index contributed by atoms with van der Waals surface area (Å²) in [7, 11) is 1.86. The standard InChI is InChI=1S/C22H20N4O/c1-3-5-15-6-4-7-16(10-15)22(27)17-8-9-19-20(11-17)25-21(13-23-19)18-12-24-26(2)14-18/h4,6-14H,3,5H2,1-2H3. The number of hydrogen-bond acceptors (Lipinski definition) is 4. The molecule has 0 amide bonds. The van der Waals surface area contributed by atoms with Gasteiger partial charge in [-0.2, -0.15) is 5.10 Å². The molecule has 0 unspecified atom stereocenters. The van der Waals surface area contributed by atoms with Crippen LogP contribution in [-0.2, 0) is 13.5 Å². The Balaban J connectivity index is 1.71. The van der Waals surface area contributed by atoms with E-state index in [0.717, 1.165) is 29.6 Å². The van der Waals surface area contributed by atoms with E-state index in [0.29, 0.717) is 16.6 Å². The topological polar surface area (TPSA) is 60.7 Å². The minimum atomic E-state index is 0.00318. The van der Waals surface area contributed by atoms with E-state index in [1.165, 1.54) is 5.56 Å². The van der Waals surface area contributed by atoms with Crippen LogP contribution >= 0.6 is 0 Å². The van der Waals surface area contributed by atoms with Gasteiger partial charge in [0, 0.05) is 29.9 Å². The van der Waals surface area contributed by atoms with E-state index in [1.807, 2.05) is 49.6 Å². The fourth-order valence-corrected chi connectivity index (χ4v) is 3.17. The Morgan fingerprint density at radius 3 is 2.67 bits per heavy atom. The van der Waals surface area contributed by atoms with Gasteiger partial charge in [0.05, 0.1) is 29.1 Å². The molecule has 0 saturated heterocycles. The van der Waals surface area contributed by atoms with E-state index in [4.69, 9.17) is 0 Å². The molecule has 134 valence electrons. The normalized spacial score (nSPS) is 11.0. The summed E-state index contributed by atoms with van der Waals surface area (Å²) in [5.74, 6) is 0.00318. The van der Waals surface area contributed by atoms with Gasteiger partial charge in [0.1, 0.15) is 0 Å². The molecule has 4 aromatic rings. The van der Waals surface area contributed by atoms with Crippen LogP contribution in [0.25, 0.3) is 22.3 Å². The van der Waals surface area contributed by atoms with Crippen molar-refractivity contribution in [2.24, 2.45) is 7.05 Å². The Morgan fingerprint density at radius 2 is 1.89 bits per heavy atom. The number of hydrogen-bond donors (Lipinski definition) is 0. The van der Waals surface area contributed by atoms with Gasteiger partial charge in [-0.15, -0.1) is 0 Å². The van der Waals surface area contributed by atoms with Crippen LogP contribution < -0.4 is 0 Å².